The summed E-state index contributed by atoms with van der Waals surface area (Å²) in [5.41, 5.74) is 3.51. The van der Waals surface area contributed by atoms with E-state index in [2.05, 4.69) is 0 Å². The van der Waals surface area contributed by atoms with Crippen molar-refractivity contribution in [2.24, 2.45) is 0 Å². The third-order valence-corrected chi connectivity index (χ3v) is 5.92. The molecule has 30 heavy (non-hydrogen) atoms. The Hall–Kier alpha value is -3.25. The normalized spacial score (nSPS) is 14.0. The fourth-order valence-corrected chi connectivity index (χ4v) is 4.59. The standard InChI is InChI=1S/C24H21NO4S/c1-15-11-16(2)13-17(12-15)25-23(26)21(19-8-4-5-9-20(19)28-3)22(24(25)27)30-14-18-7-6-10-29-18/h4-13H,14H2,1-3H3. The van der Waals surface area contributed by atoms with Crippen LogP contribution in [-0.4, -0.2) is 18.9 Å². The van der Waals surface area contributed by atoms with Gasteiger partial charge in [-0.05, 0) is 55.3 Å². The van der Waals surface area contributed by atoms with Crippen LogP contribution in [0, 0.1) is 13.8 Å². The molecule has 4 rings (SSSR count). The molecule has 0 bridgehead atoms. The number of rotatable bonds is 6. The number of para-hydroxylation sites is 1. The van der Waals surface area contributed by atoms with Gasteiger partial charge < -0.3 is 9.15 Å². The number of benzene rings is 2. The number of thioether (sulfide) groups is 1. The summed E-state index contributed by atoms with van der Waals surface area (Å²) in [7, 11) is 1.55. The van der Waals surface area contributed by atoms with E-state index in [1.165, 1.54) is 16.7 Å². The van der Waals surface area contributed by atoms with Crippen LogP contribution < -0.4 is 9.64 Å². The van der Waals surface area contributed by atoms with E-state index in [0.29, 0.717) is 33.2 Å². The minimum atomic E-state index is -0.351. The Bertz CT molecular complexity index is 1130. The molecular weight excluding hydrogens is 398 g/mol. The average Bonchev–Trinajstić information content (AvgIpc) is 3.31. The number of hydrogen-bond acceptors (Lipinski definition) is 5. The van der Waals surface area contributed by atoms with Crippen LogP contribution in [0.4, 0.5) is 5.69 Å². The molecule has 152 valence electrons. The van der Waals surface area contributed by atoms with E-state index >= 15 is 0 Å². The molecule has 1 aliphatic rings. The van der Waals surface area contributed by atoms with E-state index in [0.717, 1.165) is 16.9 Å². The Kier molecular flexibility index (Phi) is 5.50. The number of amides is 2. The zero-order valence-electron chi connectivity index (χ0n) is 17.0. The zero-order valence-corrected chi connectivity index (χ0v) is 17.8. The summed E-state index contributed by atoms with van der Waals surface area (Å²) in [5.74, 6) is 1.05. The highest BCUT2D eigenvalue weighted by molar-refractivity contribution is 8.03. The molecule has 0 aliphatic carbocycles. The summed E-state index contributed by atoms with van der Waals surface area (Å²) in [4.78, 5) is 28.6. The molecule has 0 saturated carbocycles. The molecule has 3 aromatic rings. The number of aryl methyl sites for hydroxylation is 2. The van der Waals surface area contributed by atoms with Crippen molar-refractivity contribution in [3.8, 4) is 5.75 Å². The molecule has 2 amide bonds. The van der Waals surface area contributed by atoms with Gasteiger partial charge in [-0.1, -0.05) is 24.3 Å². The zero-order chi connectivity index (χ0) is 21.3. The fourth-order valence-electron chi connectivity index (χ4n) is 3.58. The number of nitrogens with zero attached hydrogens (tertiary/aromatic N) is 1. The number of anilines is 1. The Morgan fingerprint density at radius 2 is 1.70 bits per heavy atom. The summed E-state index contributed by atoms with van der Waals surface area (Å²) in [5, 5.41) is 0. The molecule has 0 unspecified atom stereocenters. The fraction of sp³-hybridized carbons (Fsp3) is 0.167. The second-order valence-electron chi connectivity index (χ2n) is 7.06. The summed E-state index contributed by atoms with van der Waals surface area (Å²) in [6, 6.07) is 16.6. The molecule has 0 radical (unpaired) electrons. The van der Waals surface area contributed by atoms with E-state index in [9.17, 15) is 9.59 Å². The topological polar surface area (TPSA) is 59.8 Å². The number of furan rings is 1. The van der Waals surface area contributed by atoms with Crippen molar-refractivity contribution in [3.05, 3.63) is 88.2 Å². The first-order valence-electron chi connectivity index (χ1n) is 9.49. The van der Waals surface area contributed by atoms with Crippen molar-refractivity contribution in [1.82, 2.24) is 0 Å². The first-order chi connectivity index (χ1) is 14.5. The lowest BCUT2D eigenvalue weighted by Gasteiger charge is -2.17. The van der Waals surface area contributed by atoms with Gasteiger partial charge in [-0.25, -0.2) is 4.90 Å². The van der Waals surface area contributed by atoms with Crippen LogP contribution in [0.2, 0.25) is 0 Å². The van der Waals surface area contributed by atoms with Gasteiger partial charge in [0.25, 0.3) is 11.8 Å². The van der Waals surface area contributed by atoms with Gasteiger partial charge in [0.1, 0.15) is 11.5 Å². The molecule has 0 spiro atoms. The number of hydrogen-bond donors (Lipinski definition) is 0. The van der Waals surface area contributed by atoms with Gasteiger partial charge in [0, 0.05) is 5.56 Å². The van der Waals surface area contributed by atoms with Crippen molar-refractivity contribution >= 4 is 34.8 Å². The molecule has 0 atom stereocenters. The second kappa shape index (κ2) is 8.24. The van der Waals surface area contributed by atoms with Gasteiger partial charge >= 0.3 is 0 Å². The predicted molar refractivity (Wildman–Crippen MR) is 118 cm³/mol. The molecule has 0 saturated heterocycles. The monoisotopic (exact) mass is 419 g/mol. The molecule has 5 nitrogen and oxygen atoms in total. The van der Waals surface area contributed by atoms with Gasteiger partial charge in [-0.15, -0.1) is 11.8 Å². The van der Waals surface area contributed by atoms with Crippen molar-refractivity contribution < 1.29 is 18.7 Å². The van der Waals surface area contributed by atoms with Gasteiger partial charge in [0.15, 0.2) is 0 Å². The van der Waals surface area contributed by atoms with Gasteiger partial charge in [0.05, 0.1) is 35.3 Å². The molecule has 0 N–H and O–H groups in total. The van der Waals surface area contributed by atoms with Crippen LogP contribution in [0.5, 0.6) is 5.75 Å². The highest BCUT2D eigenvalue weighted by Gasteiger charge is 2.41. The molecule has 2 aromatic carbocycles. The van der Waals surface area contributed by atoms with Crippen LogP contribution in [-0.2, 0) is 15.3 Å². The smallest absolute Gasteiger partial charge is 0.272 e. The molecule has 0 fully saturated rings. The minimum absolute atomic E-state index is 0.331. The number of carbonyl (C=O) groups is 2. The maximum absolute atomic E-state index is 13.5. The number of methoxy groups -OCH3 is 1. The largest absolute Gasteiger partial charge is 0.496 e. The van der Waals surface area contributed by atoms with Crippen LogP contribution >= 0.6 is 11.8 Å². The Morgan fingerprint density at radius 1 is 0.967 bits per heavy atom. The first-order valence-corrected chi connectivity index (χ1v) is 10.5. The number of carbonyl (C=O) groups excluding carboxylic acids is 2. The van der Waals surface area contributed by atoms with Crippen LogP contribution in [0.25, 0.3) is 5.57 Å². The van der Waals surface area contributed by atoms with Crippen LogP contribution in [0.15, 0.2) is 70.2 Å². The lowest BCUT2D eigenvalue weighted by atomic mass is 10.0. The molecule has 1 aromatic heterocycles. The van der Waals surface area contributed by atoms with E-state index < -0.39 is 0 Å². The third kappa shape index (κ3) is 3.66. The van der Waals surface area contributed by atoms with E-state index in [-0.39, 0.29) is 11.8 Å². The van der Waals surface area contributed by atoms with Crippen molar-refractivity contribution in [3.63, 3.8) is 0 Å². The summed E-state index contributed by atoms with van der Waals surface area (Å²) < 4.78 is 10.9. The number of ether oxygens (including phenoxy) is 1. The third-order valence-electron chi connectivity index (χ3n) is 4.82. The van der Waals surface area contributed by atoms with E-state index in [1.807, 2.05) is 50.2 Å². The Balaban J connectivity index is 1.81. The maximum Gasteiger partial charge on any atom is 0.272 e. The van der Waals surface area contributed by atoms with Crippen molar-refractivity contribution in [2.75, 3.05) is 12.0 Å². The molecule has 2 heterocycles. The number of imide groups is 1. The van der Waals surface area contributed by atoms with Crippen molar-refractivity contribution in [1.29, 1.82) is 0 Å². The van der Waals surface area contributed by atoms with Crippen molar-refractivity contribution in [2.45, 2.75) is 19.6 Å². The van der Waals surface area contributed by atoms with Gasteiger partial charge in [0.2, 0.25) is 0 Å². The molecular formula is C24H21NO4S. The highest BCUT2D eigenvalue weighted by Crippen LogP contribution is 2.42. The van der Waals surface area contributed by atoms with Crippen LogP contribution in [0.1, 0.15) is 22.5 Å². The highest BCUT2D eigenvalue weighted by atomic mass is 32.2. The summed E-state index contributed by atoms with van der Waals surface area (Å²) in [6.45, 7) is 3.89. The Morgan fingerprint density at radius 3 is 2.37 bits per heavy atom. The molecule has 6 heteroatoms. The maximum atomic E-state index is 13.5. The average molecular weight is 420 g/mol. The lowest BCUT2D eigenvalue weighted by molar-refractivity contribution is -0.119. The minimum Gasteiger partial charge on any atom is -0.496 e. The molecule has 1 aliphatic heterocycles. The second-order valence-corrected chi connectivity index (χ2v) is 8.05. The SMILES string of the molecule is COc1ccccc1C1=C(SCc2ccco2)C(=O)N(c2cc(C)cc(C)c2)C1=O. The Labute approximate surface area is 179 Å². The van der Waals surface area contributed by atoms with E-state index in [1.54, 1.807) is 31.6 Å². The van der Waals surface area contributed by atoms with E-state index in [4.69, 9.17) is 9.15 Å². The van der Waals surface area contributed by atoms with Gasteiger partial charge in [-0.2, -0.15) is 0 Å². The summed E-state index contributed by atoms with van der Waals surface area (Å²) >= 11 is 1.30. The quantitative estimate of drug-likeness (QED) is 0.519. The summed E-state index contributed by atoms with van der Waals surface area (Å²) in [6.07, 6.45) is 1.59. The predicted octanol–water partition coefficient (Wildman–Crippen LogP) is 5.12. The van der Waals surface area contributed by atoms with Crippen LogP contribution in [0.3, 0.4) is 0 Å². The first kappa shape index (κ1) is 20.0. The van der Waals surface area contributed by atoms with Gasteiger partial charge in [-0.3, -0.25) is 9.59 Å². The lowest BCUT2D eigenvalue weighted by Crippen LogP contribution is -2.31.